The molecule has 0 aromatic heterocycles. The van der Waals surface area contributed by atoms with Crippen LogP contribution >= 0.6 is 0 Å². The molecule has 0 radical (unpaired) electrons. The first kappa shape index (κ1) is 17.1. The molecule has 2 aliphatic rings. The zero-order chi connectivity index (χ0) is 17.8. The van der Waals surface area contributed by atoms with Crippen molar-refractivity contribution in [3.8, 4) is 5.75 Å². The highest BCUT2D eigenvalue weighted by atomic mass is 16.5. The zero-order valence-corrected chi connectivity index (χ0v) is 14.2. The minimum atomic E-state index is -0.216. The molecule has 2 aliphatic heterocycles. The summed E-state index contributed by atoms with van der Waals surface area (Å²) < 4.78 is 5.12. The molecule has 0 saturated carbocycles. The first-order chi connectivity index (χ1) is 12.1. The number of ether oxygens (including phenoxy) is 1. The highest BCUT2D eigenvalue weighted by Crippen LogP contribution is 2.24. The Morgan fingerprint density at radius 2 is 1.88 bits per heavy atom. The Labute approximate surface area is 146 Å². The highest BCUT2D eigenvalue weighted by molar-refractivity contribution is 5.96. The summed E-state index contributed by atoms with van der Waals surface area (Å²) in [6.07, 6.45) is 1.09. The average Bonchev–Trinajstić information content (AvgIpc) is 3.02. The summed E-state index contributed by atoms with van der Waals surface area (Å²) in [4.78, 5) is 40.3. The molecule has 2 fully saturated rings. The van der Waals surface area contributed by atoms with Gasteiger partial charge in [0.2, 0.25) is 12.3 Å². The summed E-state index contributed by atoms with van der Waals surface area (Å²) in [5, 5.41) is 2.93. The van der Waals surface area contributed by atoms with E-state index < -0.39 is 0 Å². The standard InChI is InChI=1S/C17H22N4O4/c1-25-15-4-2-14(3-5-15)21-11-13(10-16(21)23)18-17(24)20-8-6-19(12-22)7-9-20/h2-5,12-13H,6-11H2,1H3,(H,18,24)/t13-/m1/s1. The van der Waals surface area contributed by atoms with Gasteiger partial charge in [-0.25, -0.2) is 4.79 Å². The molecular formula is C17H22N4O4. The van der Waals surface area contributed by atoms with Gasteiger partial charge in [0.05, 0.1) is 13.2 Å². The third-order valence-corrected chi connectivity index (χ3v) is 4.59. The normalized spacial score (nSPS) is 20.6. The van der Waals surface area contributed by atoms with Crippen LogP contribution in [-0.4, -0.2) is 74.0 Å². The lowest BCUT2D eigenvalue weighted by Gasteiger charge is -2.33. The number of hydrogen-bond donors (Lipinski definition) is 1. The fraction of sp³-hybridized carbons (Fsp3) is 0.471. The van der Waals surface area contributed by atoms with Gasteiger partial charge in [-0.1, -0.05) is 0 Å². The average molecular weight is 346 g/mol. The molecule has 2 heterocycles. The Morgan fingerprint density at radius 3 is 2.48 bits per heavy atom. The predicted octanol–water partition coefficient (Wildman–Crippen LogP) is 0.284. The van der Waals surface area contributed by atoms with E-state index in [1.807, 2.05) is 12.1 Å². The van der Waals surface area contributed by atoms with Crippen molar-refractivity contribution in [2.45, 2.75) is 12.5 Å². The van der Waals surface area contributed by atoms with Crippen LogP contribution in [0.3, 0.4) is 0 Å². The number of carbonyl (C=O) groups excluding carboxylic acids is 3. The number of amides is 4. The molecule has 25 heavy (non-hydrogen) atoms. The van der Waals surface area contributed by atoms with Gasteiger partial charge in [0.1, 0.15) is 5.75 Å². The molecule has 1 N–H and O–H groups in total. The molecule has 0 aliphatic carbocycles. The van der Waals surface area contributed by atoms with Crippen molar-refractivity contribution in [1.29, 1.82) is 0 Å². The quantitative estimate of drug-likeness (QED) is 0.794. The topological polar surface area (TPSA) is 82.2 Å². The van der Waals surface area contributed by atoms with E-state index in [2.05, 4.69) is 5.32 Å². The fourth-order valence-electron chi connectivity index (χ4n) is 3.11. The number of rotatable bonds is 4. The number of piperazine rings is 1. The first-order valence-electron chi connectivity index (χ1n) is 8.30. The molecule has 3 rings (SSSR count). The third kappa shape index (κ3) is 3.84. The summed E-state index contributed by atoms with van der Waals surface area (Å²) >= 11 is 0. The second-order valence-electron chi connectivity index (χ2n) is 6.18. The Balaban J connectivity index is 1.55. The van der Waals surface area contributed by atoms with Gasteiger partial charge in [-0.15, -0.1) is 0 Å². The Morgan fingerprint density at radius 1 is 1.20 bits per heavy atom. The van der Waals surface area contributed by atoms with Gasteiger partial charge >= 0.3 is 6.03 Å². The predicted molar refractivity (Wildman–Crippen MR) is 91.5 cm³/mol. The van der Waals surface area contributed by atoms with E-state index in [4.69, 9.17) is 4.74 Å². The summed E-state index contributed by atoms with van der Waals surface area (Å²) in [5.41, 5.74) is 0.794. The van der Waals surface area contributed by atoms with Crippen molar-refractivity contribution >= 4 is 24.0 Å². The molecule has 1 aromatic carbocycles. The number of anilines is 1. The van der Waals surface area contributed by atoms with Gasteiger partial charge in [0.15, 0.2) is 0 Å². The van der Waals surface area contributed by atoms with Crippen LogP contribution in [0.5, 0.6) is 5.75 Å². The number of benzene rings is 1. The fourth-order valence-corrected chi connectivity index (χ4v) is 3.11. The van der Waals surface area contributed by atoms with Crippen molar-refractivity contribution < 1.29 is 19.1 Å². The van der Waals surface area contributed by atoms with Crippen LogP contribution in [0.4, 0.5) is 10.5 Å². The van der Waals surface area contributed by atoms with Crippen LogP contribution in [0.2, 0.25) is 0 Å². The minimum Gasteiger partial charge on any atom is -0.497 e. The number of urea groups is 1. The summed E-state index contributed by atoms with van der Waals surface area (Å²) in [6, 6.07) is 6.88. The molecule has 0 bridgehead atoms. The summed E-state index contributed by atoms with van der Waals surface area (Å²) in [5.74, 6) is 0.718. The van der Waals surface area contributed by atoms with Gasteiger partial charge in [0, 0.05) is 44.8 Å². The molecular weight excluding hydrogens is 324 g/mol. The number of carbonyl (C=O) groups is 3. The SMILES string of the molecule is COc1ccc(N2C[C@H](NC(=O)N3CCN(C=O)CC3)CC2=O)cc1. The van der Waals surface area contributed by atoms with Gasteiger partial charge in [-0.3, -0.25) is 9.59 Å². The smallest absolute Gasteiger partial charge is 0.317 e. The molecule has 8 nitrogen and oxygen atoms in total. The van der Waals surface area contributed by atoms with Crippen LogP contribution in [-0.2, 0) is 9.59 Å². The van der Waals surface area contributed by atoms with Crippen LogP contribution in [0.25, 0.3) is 0 Å². The van der Waals surface area contributed by atoms with E-state index in [0.29, 0.717) is 32.7 Å². The van der Waals surface area contributed by atoms with Crippen molar-refractivity contribution in [2.24, 2.45) is 0 Å². The Kier molecular flexibility index (Phi) is 5.06. The lowest BCUT2D eigenvalue weighted by Crippen LogP contribution is -2.53. The van der Waals surface area contributed by atoms with Crippen molar-refractivity contribution in [3.63, 3.8) is 0 Å². The lowest BCUT2D eigenvalue weighted by atomic mass is 10.2. The minimum absolute atomic E-state index is 0.0127. The van der Waals surface area contributed by atoms with Crippen molar-refractivity contribution in [3.05, 3.63) is 24.3 Å². The van der Waals surface area contributed by atoms with Crippen LogP contribution in [0, 0.1) is 0 Å². The van der Waals surface area contributed by atoms with E-state index >= 15 is 0 Å². The number of nitrogens with zero attached hydrogens (tertiary/aromatic N) is 3. The van der Waals surface area contributed by atoms with E-state index in [9.17, 15) is 14.4 Å². The molecule has 1 aromatic rings. The van der Waals surface area contributed by atoms with Gasteiger partial charge in [0.25, 0.3) is 0 Å². The maximum absolute atomic E-state index is 12.3. The molecule has 0 spiro atoms. The second-order valence-corrected chi connectivity index (χ2v) is 6.18. The highest BCUT2D eigenvalue weighted by Gasteiger charge is 2.33. The van der Waals surface area contributed by atoms with Crippen molar-refractivity contribution in [2.75, 3.05) is 44.7 Å². The first-order valence-corrected chi connectivity index (χ1v) is 8.30. The molecule has 0 unspecified atom stereocenters. The summed E-state index contributed by atoms with van der Waals surface area (Å²) in [6.45, 7) is 2.54. The summed E-state index contributed by atoms with van der Waals surface area (Å²) in [7, 11) is 1.59. The van der Waals surface area contributed by atoms with Crippen LogP contribution in [0.1, 0.15) is 6.42 Å². The number of methoxy groups -OCH3 is 1. The Bertz CT molecular complexity index is 641. The van der Waals surface area contributed by atoms with E-state index in [-0.39, 0.29) is 24.4 Å². The Hall–Kier alpha value is -2.77. The maximum atomic E-state index is 12.3. The molecule has 134 valence electrons. The number of hydrogen-bond acceptors (Lipinski definition) is 4. The van der Waals surface area contributed by atoms with Crippen LogP contribution < -0.4 is 15.0 Å². The van der Waals surface area contributed by atoms with Gasteiger partial charge in [-0.2, -0.15) is 0 Å². The lowest BCUT2D eigenvalue weighted by molar-refractivity contribution is -0.119. The largest absolute Gasteiger partial charge is 0.497 e. The zero-order valence-electron chi connectivity index (χ0n) is 14.2. The monoisotopic (exact) mass is 346 g/mol. The molecule has 2 saturated heterocycles. The van der Waals surface area contributed by atoms with E-state index in [1.165, 1.54) is 0 Å². The molecule has 8 heteroatoms. The van der Waals surface area contributed by atoms with E-state index in [1.54, 1.807) is 33.9 Å². The van der Waals surface area contributed by atoms with Gasteiger partial charge < -0.3 is 24.8 Å². The van der Waals surface area contributed by atoms with E-state index in [0.717, 1.165) is 17.8 Å². The molecule has 4 amide bonds. The maximum Gasteiger partial charge on any atom is 0.317 e. The second kappa shape index (κ2) is 7.42. The van der Waals surface area contributed by atoms with Crippen LogP contribution in [0.15, 0.2) is 24.3 Å². The molecule has 1 atom stereocenters. The van der Waals surface area contributed by atoms with Gasteiger partial charge in [-0.05, 0) is 24.3 Å². The number of nitrogens with one attached hydrogen (secondary N) is 1. The third-order valence-electron chi connectivity index (χ3n) is 4.59. The van der Waals surface area contributed by atoms with Crippen molar-refractivity contribution in [1.82, 2.24) is 15.1 Å².